The van der Waals surface area contributed by atoms with Gasteiger partial charge in [-0.1, -0.05) is 25.1 Å². The van der Waals surface area contributed by atoms with Crippen molar-refractivity contribution in [2.45, 2.75) is 45.4 Å². The van der Waals surface area contributed by atoms with Crippen molar-refractivity contribution in [1.29, 1.82) is 0 Å². The molecule has 2 aromatic rings. The number of nitrogens with zero attached hydrogens (tertiary/aromatic N) is 2. The number of aromatic nitrogens is 1. The number of aryl methyl sites for hydroxylation is 1. The summed E-state index contributed by atoms with van der Waals surface area (Å²) in [5.41, 5.74) is 4.57. The van der Waals surface area contributed by atoms with Crippen molar-refractivity contribution >= 4 is 5.91 Å². The number of benzene rings is 1. The number of pyridine rings is 1. The molecule has 1 aromatic heterocycles. The van der Waals surface area contributed by atoms with Crippen molar-refractivity contribution in [3.63, 3.8) is 0 Å². The zero-order chi connectivity index (χ0) is 18.5. The first-order valence-corrected chi connectivity index (χ1v) is 9.47. The van der Waals surface area contributed by atoms with Gasteiger partial charge in [0.25, 0.3) is 0 Å². The van der Waals surface area contributed by atoms with Gasteiger partial charge in [-0.25, -0.2) is 0 Å². The third kappa shape index (κ3) is 4.24. The summed E-state index contributed by atoms with van der Waals surface area (Å²) in [6.45, 7) is 5.65. The first kappa shape index (κ1) is 18.4. The molecule has 0 unspecified atom stereocenters. The molecule has 1 aromatic carbocycles. The van der Waals surface area contributed by atoms with Gasteiger partial charge < -0.3 is 9.64 Å². The molecule has 4 heteroatoms. The average Bonchev–Trinajstić information content (AvgIpc) is 2.67. The minimum absolute atomic E-state index is 0.247. The second-order valence-corrected chi connectivity index (χ2v) is 7.06. The van der Waals surface area contributed by atoms with Gasteiger partial charge in [-0.05, 0) is 49.1 Å². The Bertz CT molecular complexity index is 772. The quantitative estimate of drug-likeness (QED) is 0.813. The van der Waals surface area contributed by atoms with E-state index in [-0.39, 0.29) is 5.91 Å². The molecule has 0 saturated carbocycles. The molecular weight excluding hydrogens is 324 g/mol. The Morgan fingerprint density at radius 1 is 1.31 bits per heavy atom. The molecule has 0 N–H and O–H groups in total. The van der Waals surface area contributed by atoms with Gasteiger partial charge >= 0.3 is 0 Å². The van der Waals surface area contributed by atoms with Crippen molar-refractivity contribution in [3.05, 3.63) is 58.9 Å². The monoisotopic (exact) mass is 352 g/mol. The number of carbonyl (C=O) groups excluding carboxylic acids is 1. The van der Waals surface area contributed by atoms with Gasteiger partial charge in [-0.2, -0.15) is 0 Å². The SMILES string of the molecule is CCC(=O)N1CCC[C@H](c2cc(Cc3ccccc3OC)cc(C)n2)C1. The summed E-state index contributed by atoms with van der Waals surface area (Å²) in [5, 5.41) is 0. The van der Waals surface area contributed by atoms with Gasteiger partial charge in [0.05, 0.1) is 7.11 Å². The standard InChI is InChI=1S/C22H28N2O2/c1-4-22(25)24-11-7-9-19(15-24)20-14-17(12-16(2)23-20)13-18-8-5-6-10-21(18)26-3/h5-6,8,10,12,14,19H,4,7,9,11,13,15H2,1-3H3/t19-/m0/s1. The number of hydrogen-bond acceptors (Lipinski definition) is 3. The molecule has 1 aliphatic rings. The van der Waals surface area contributed by atoms with E-state index in [0.717, 1.165) is 49.5 Å². The number of likely N-dealkylation sites (tertiary alicyclic amines) is 1. The lowest BCUT2D eigenvalue weighted by Crippen LogP contribution is -2.38. The predicted octanol–water partition coefficient (Wildman–Crippen LogP) is 4.11. The molecule has 26 heavy (non-hydrogen) atoms. The Kier molecular flexibility index (Phi) is 5.92. The summed E-state index contributed by atoms with van der Waals surface area (Å²) >= 11 is 0. The first-order chi connectivity index (χ1) is 12.6. The maximum atomic E-state index is 12.1. The molecule has 1 atom stereocenters. The highest BCUT2D eigenvalue weighted by atomic mass is 16.5. The lowest BCUT2D eigenvalue weighted by atomic mass is 9.92. The average molecular weight is 352 g/mol. The fourth-order valence-electron chi connectivity index (χ4n) is 3.82. The molecule has 4 nitrogen and oxygen atoms in total. The fraction of sp³-hybridized carbons (Fsp3) is 0.455. The summed E-state index contributed by atoms with van der Waals surface area (Å²) in [6, 6.07) is 12.5. The molecule has 1 fully saturated rings. The summed E-state index contributed by atoms with van der Waals surface area (Å²) in [5.74, 6) is 1.49. The van der Waals surface area contributed by atoms with Gasteiger partial charge in [0.1, 0.15) is 5.75 Å². The van der Waals surface area contributed by atoms with Crippen LogP contribution in [-0.4, -0.2) is 36.0 Å². The Morgan fingerprint density at radius 3 is 2.88 bits per heavy atom. The number of rotatable bonds is 5. The molecule has 1 amide bonds. The molecule has 0 spiro atoms. The van der Waals surface area contributed by atoms with Crippen LogP contribution < -0.4 is 4.74 Å². The third-order valence-electron chi connectivity index (χ3n) is 5.11. The van der Waals surface area contributed by atoms with Crippen molar-refractivity contribution < 1.29 is 9.53 Å². The van der Waals surface area contributed by atoms with Crippen LogP contribution in [0, 0.1) is 6.92 Å². The second-order valence-electron chi connectivity index (χ2n) is 7.06. The van der Waals surface area contributed by atoms with Crippen LogP contribution in [0.15, 0.2) is 36.4 Å². The van der Waals surface area contributed by atoms with E-state index in [0.29, 0.717) is 12.3 Å². The molecule has 1 aliphatic heterocycles. The van der Waals surface area contributed by atoms with E-state index in [1.165, 1.54) is 11.1 Å². The lowest BCUT2D eigenvalue weighted by Gasteiger charge is -2.32. The van der Waals surface area contributed by atoms with Crippen molar-refractivity contribution in [2.24, 2.45) is 0 Å². The van der Waals surface area contributed by atoms with Crippen LogP contribution in [0.4, 0.5) is 0 Å². The summed E-state index contributed by atoms with van der Waals surface area (Å²) < 4.78 is 5.49. The van der Waals surface area contributed by atoms with E-state index in [1.807, 2.05) is 36.9 Å². The lowest BCUT2D eigenvalue weighted by molar-refractivity contribution is -0.132. The number of piperidine rings is 1. The molecular formula is C22H28N2O2. The Morgan fingerprint density at radius 2 is 2.12 bits per heavy atom. The predicted molar refractivity (Wildman–Crippen MR) is 104 cm³/mol. The fourth-order valence-corrected chi connectivity index (χ4v) is 3.82. The summed E-state index contributed by atoms with van der Waals surface area (Å²) in [7, 11) is 1.71. The Labute approximate surface area is 156 Å². The van der Waals surface area contributed by atoms with E-state index in [4.69, 9.17) is 9.72 Å². The third-order valence-corrected chi connectivity index (χ3v) is 5.11. The molecule has 1 saturated heterocycles. The maximum Gasteiger partial charge on any atom is 0.222 e. The van der Waals surface area contributed by atoms with Crippen LogP contribution in [-0.2, 0) is 11.2 Å². The van der Waals surface area contributed by atoms with Gasteiger partial charge in [0.2, 0.25) is 5.91 Å². The second kappa shape index (κ2) is 8.35. The number of hydrogen-bond donors (Lipinski definition) is 0. The number of carbonyl (C=O) groups is 1. The van der Waals surface area contributed by atoms with E-state index in [9.17, 15) is 4.79 Å². The van der Waals surface area contributed by atoms with Crippen molar-refractivity contribution in [1.82, 2.24) is 9.88 Å². The van der Waals surface area contributed by atoms with Crippen LogP contribution in [0.2, 0.25) is 0 Å². The first-order valence-electron chi connectivity index (χ1n) is 9.47. The number of ether oxygens (including phenoxy) is 1. The Balaban J connectivity index is 1.82. The Hall–Kier alpha value is -2.36. The topological polar surface area (TPSA) is 42.4 Å². The minimum atomic E-state index is 0.247. The van der Waals surface area contributed by atoms with Gasteiger partial charge in [0, 0.05) is 43.2 Å². The molecule has 2 heterocycles. The maximum absolute atomic E-state index is 12.1. The zero-order valence-corrected chi connectivity index (χ0v) is 16.0. The molecule has 3 rings (SSSR count). The number of para-hydroxylation sites is 1. The summed E-state index contributed by atoms with van der Waals surface area (Å²) in [4.78, 5) is 18.9. The number of amides is 1. The van der Waals surface area contributed by atoms with Crippen LogP contribution in [0.1, 0.15) is 54.6 Å². The number of methoxy groups -OCH3 is 1. The van der Waals surface area contributed by atoms with Crippen LogP contribution in [0.5, 0.6) is 5.75 Å². The summed E-state index contributed by atoms with van der Waals surface area (Å²) in [6.07, 6.45) is 3.55. The van der Waals surface area contributed by atoms with E-state index in [2.05, 4.69) is 18.2 Å². The molecule has 138 valence electrons. The van der Waals surface area contributed by atoms with E-state index in [1.54, 1.807) is 7.11 Å². The van der Waals surface area contributed by atoms with E-state index < -0.39 is 0 Å². The van der Waals surface area contributed by atoms with Gasteiger partial charge in [0.15, 0.2) is 0 Å². The normalized spacial score (nSPS) is 17.2. The molecule has 0 bridgehead atoms. The zero-order valence-electron chi connectivity index (χ0n) is 16.0. The van der Waals surface area contributed by atoms with Crippen molar-refractivity contribution in [3.8, 4) is 5.75 Å². The van der Waals surface area contributed by atoms with Crippen LogP contribution in [0.25, 0.3) is 0 Å². The minimum Gasteiger partial charge on any atom is -0.496 e. The van der Waals surface area contributed by atoms with Crippen molar-refractivity contribution in [2.75, 3.05) is 20.2 Å². The van der Waals surface area contributed by atoms with Crippen LogP contribution >= 0.6 is 0 Å². The smallest absolute Gasteiger partial charge is 0.222 e. The van der Waals surface area contributed by atoms with Gasteiger partial charge in [-0.15, -0.1) is 0 Å². The van der Waals surface area contributed by atoms with Crippen LogP contribution in [0.3, 0.4) is 0 Å². The highest BCUT2D eigenvalue weighted by molar-refractivity contribution is 5.76. The largest absolute Gasteiger partial charge is 0.496 e. The van der Waals surface area contributed by atoms with Gasteiger partial charge in [-0.3, -0.25) is 9.78 Å². The highest BCUT2D eigenvalue weighted by Crippen LogP contribution is 2.28. The molecule has 0 radical (unpaired) electrons. The molecule has 0 aliphatic carbocycles. The highest BCUT2D eigenvalue weighted by Gasteiger charge is 2.25. The van der Waals surface area contributed by atoms with E-state index >= 15 is 0 Å².